The summed E-state index contributed by atoms with van der Waals surface area (Å²) in [4.78, 5) is 9.53. The number of hydrogen-bond donors (Lipinski definition) is 0. The molecule has 2 aliphatic carbocycles. The average Bonchev–Trinajstić information content (AvgIpc) is 3.99. The van der Waals surface area contributed by atoms with E-state index in [9.17, 15) is 0 Å². The highest BCUT2D eigenvalue weighted by Crippen LogP contribution is 2.64. The molecular formula is C53H32N4. The van der Waals surface area contributed by atoms with Crippen LogP contribution >= 0.6 is 0 Å². The minimum Gasteiger partial charge on any atom is -0.309 e. The van der Waals surface area contributed by atoms with Gasteiger partial charge < -0.3 is 9.13 Å². The molecule has 0 N–H and O–H groups in total. The van der Waals surface area contributed by atoms with Crippen LogP contribution in [0.2, 0.25) is 0 Å². The van der Waals surface area contributed by atoms with E-state index in [0.29, 0.717) is 0 Å². The van der Waals surface area contributed by atoms with Crippen molar-refractivity contribution in [3.8, 4) is 44.8 Å². The zero-order valence-corrected chi connectivity index (χ0v) is 30.8. The van der Waals surface area contributed by atoms with E-state index in [1.54, 1.807) is 0 Å². The lowest BCUT2D eigenvalue weighted by Crippen LogP contribution is -2.25. The van der Waals surface area contributed by atoms with Crippen LogP contribution in [0.25, 0.3) is 88.5 Å². The van der Waals surface area contributed by atoms with Crippen molar-refractivity contribution in [2.75, 3.05) is 0 Å². The molecule has 0 saturated carbocycles. The van der Waals surface area contributed by atoms with Crippen molar-refractivity contribution < 1.29 is 0 Å². The van der Waals surface area contributed by atoms with Crippen molar-refractivity contribution in [3.63, 3.8) is 0 Å². The van der Waals surface area contributed by atoms with Gasteiger partial charge in [-0.3, -0.25) is 9.97 Å². The van der Waals surface area contributed by atoms with Crippen LogP contribution in [0.3, 0.4) is 0 Å². The fraction of sp³-hybridized carbons (Fsp3) is 0.0189. The third kappa shape index (κ3) is 3.91. The third-order valence-corrected chi connectivity index (χ3v) is 12.7. The molecule has 4 aromatic heterocycles. The van der Waals surface area contributed by atoms with Gasteiger partial charge in [0.2, 0.25) is 0 Å². The summed E-state index contributed by atoms with van der Waals surface area (Å²) in [7, 11) is 0. The maximum atomic E-state index is 5.12. The number of pyridine rings is 2. The molecule has 7 aromatic carbocycles. The quantitative estimate of drug-likeness (QED) is 0.182. The highest BCUT2D eigenvalue weighted by molar-refractivity contribution is 6.17. The lowest BCUT2D eigenvalue weighted by Gasteiger charge is -2.30. The summed E-state index contributed by atoms with van der Waals surface area (Å²) >= 11 is 0. The zero-order chi connectivity index (χ0) is 37.2. The van der Waals surface area contributed by atoms with E-state index in [4.69, 9.17) is 4.98 Å². The molecule has 0 saturated heterocycles. The van der Waals surface area contributed by atoms with Gasteiger partial charge in [0.1, 0.15) is 0 Å². The van der Waals surface area contributed by atoms with Crippen molar-refractivity contribution in [2.24, 2.45) is 0 Å². The van der Waals surface area contributed by atoms with Gasteiger partial charge in [-0.2, -0.15) is 0 Å². The molecule has 0 fully saturated rings. The minimum absolute atomic E-state index is 0.396. The Bertz CT molecular complexity index is 3360. The molecule has 0 aliphatic heterocycles. The summed E-state index contributed by atoms with van der Waals surface area (Å²) in [5.74, 6) is 0. The molecule has 0 unspecified atom stereocenters. The smallest absolute Gasteiger partial charge is 0.0969 e. The van der Waals surface area contributed by atoms with Crippen molar-refractivity contribution >= 4 is 43.7 Å². The van der Waals surface area contributed by atoms with Crippen LogP contribution in [0.1, 0.15) is 22.3 Å². The fourth-order valence-corrected chi connectivity index (χ4v) is 10.5. The van der Waals surface area contributed by atoms with Gasteiger partial charge in [0.25, 0.3) is 0 Å². The van der Waals surface area contributed by atoms with Crippen LogP contribution in [0.4, 0.5) is 0 Å². The topological polar surface area (TPSA) is 35.6 Å². The fourth-order valence-electron chi connectivity index (χ4n) is 10.5. The summed E-state index contributed by atoms with van der Waals surface area (Å²) in [6.45, 7) is 0. The second kappa shape index (κ2) is 11.2. The molecule has 0 radical (unpaired) electrons. The Labute approximate surface area is 328 Å². The highest BCUT2D eigenvalue weighted by Gasteiger charge is 2.52. The van der Waals surface area contributed by atoms with Gasteiger partial charge in [-0.25, -0.2) is 0 Å². The van der Waals surface area contributed by atoms with E-state index in [2.05, 4.69) is 190 Å². The van der Waals surface area contributed by atoms with Gasteiger partial charge in [0.05, 0.1) is 33.0 Å². The SMILES string of the molecule is c1ccc2c(c1)-c1ccccc1C21c2ccccc2-c2c1ccc1c2c2ncccc2n1-c1ccc(-c2ccc(-n3c4ccccc4c4cnccc43)cc2)cc1. The number of hydrogen-bond acceptors (Lipinski definition) is 2. The number of benzene rings is 7. The monoisotopic (exact) mass is 724 g/mol. The lowest BCUT2D eigenvalue weighted by atomic mass is 9.70. The molecular weight excluding hydrogens is 693 g/mol. The van der Waals surface area contributed by atoms with Crippen molar-refractivity contribution in [1.29, 1.82) is 0 Å². The molecule has 11 aromatic rings. The van der Waals surface area contributed by atoms with Gasteiger partial charge in [0, 0.05) is 46.1 Å². The molecule has 0 atom stereocenters. The first-order chi connectivity index (χ1) is 28.3. The van der Waals surface area contributed by atoms with Gasteiger partial charge in [0.15, 0.2) is 0 Å². The van der Waals surface area contributed by atoms with Crippen LogP contribution < -0.4 is 0 Å². The van der Waals surface area contributed by atoms with Gasteiger partial charge in [-0.05, 0) is 110 Å². The largest absolute Gasteiger partial charge is 0.309 e. The maximum Gasteiger partial charge on any atom is 0.0969 e. The first kappa shape index (κ1) is 30.7. The number of nitrogens with zero attached hydrogens (tertiary/aromatic N) is 4. The summed E-state index contributed by atoms with van der Waals surface area (Å²) in [6, 6.07) is 64.6. The van der Waals surface area contributed by atoms with Crippen LogP contribution in [-0.4, -0.2) is 19.1 Å². The molecule has 0 bridgehead atoms. The van der Waals surface area contributed by atoms with E-state index >= 15 is 0 Å². The molecule has 57 heavy (non-hydrogen) atoms. The molecule has 264 valence electrons. The van der Waals surface area contributed by atoms with E-state index in [1.807, 2.05) is 18.6 Å². The first-order valence-electron chi connectivity index (χ1n) is 19.6. The summed E-state index contributed by atoms with van der Waals surface area (Å²) in [5.41, 5.74) is 20.4. The van der Waals surface area contributed by atoms with Crippen LogP contribution in [0.5, 0.6) is 0 Å². The Morgan fingerprint density at radius 1 is 0.386 bits per heavy atom. The summed E-state index contributed by atoms with van der Waals surface area (Å²) in [5, 5.41) is 3.58. The van der Waals surface area contributed by atoms with Gasteiger partial charge in [-0.1, -0.05) is 121 Å². The molecule has 2 aliphatic rings. The second-order valence-electron chi connectivity index (χ2n) is 15.3. The Kier molecular flexibility index (Phi) is 6.07. The first-order valence-corrected chi connectivity index (χ1v) is 19.6. The molecule has 4 nitrogen and oxygen atoms in total. The summed E-state index contributed by atoms with van der Waals surface area (Å²) in [6.07, 6.45) is 5.77. The van der Waals surface area contributed by atoms with E-state index < -0.39 is 5.41 Å². The predicted molar refractivity (Wildman–Crippen MR) is 232 cm³/mol. The summed E-state index contributed by atoms with van der Waals surface area (Å²) < 4.78 is 4.73. The number of aromatic nitrogens is 4. The lowest BCUT2D eigenvalue weighted by molar-refractivity contribution is 0.794. The standard InChI is InChI=1S/C53H32N4/c1-5-14-42-37(10-1)38-11-2-6-15-43(38)53(42)44-16-7-3-13-40(44)50-45(53)27-28-48-51(50)52-49(18-9-30-55-52)57(48)36-25-21-34(22-26-36)33-19-23-35(24-20-33)56-46-17-8-4-12-39(46)41-32-54-31-29-47(41)56/h1-32H. The third-order valence-electron chi connectivity index (χ3n) is 12.7. The normalized spacial score (nSPS) is 13.4. The Morgan fingerprint density at radius 2 is 0.947 bits per heavy atom. The maximum absolute atomic E-state index is 5.12. The number of para-hydroxylation sites is 1. The van der Waals surface area contributed by atoms with Gasteiger partial charge in [-0.15, -0.1) is 0 Å². The van der Waals surface area contributed by atoms with Crippen LogP contribution in [0.15, 0.2) is 195 Å². The minimum atomic E-state index is -0.396. The van der Waals surface area contributed by atoms with Crippen LogP contribution in [0, 0.1) is 0 Å². The molecule has 4 heterocycles. The van der Waals surface area contributed by atoms with Crippen molar-refractivity contribution in [3.05, 3.63) is 217 Å². The van der Waals surface area contributed by atoms with Crippen molar-refractivity contribution in [2.45, 2.75) is 5.41 Å². The zero-order valence-electron chi connectivity index (χ0n) is 30.8. The number of fused-ring (bicyclic) bond motifs is 17. The van der Waals surface area contributed by atoms with E-state index in [-0.39, 0.29) is 0 Å². The average molecular weight is 725 g/mol. The van der Waals surface area contributed by atoms with Gasteiger partial charge >= 0.3 is 0 Å². The molecule has 4 heteroatoms. The van der Waals surface area contributed by atoms with Crippen LogP contribution in [-0.2, 0) is 5.41 Å². The Balaban J connectivity index is 0.962. The highest BCUT2D eigenvalue weighted by atomic mass is 15.0. The second-order valence-corrected chi connectivity index (χ2v) is 15.3. The molecule has 0 amide bonds. The molecule has 1 spiro atoms. The number of rotatable bonds is 3. The van der Waals surface area contributed by atoms with E-state index in [1.165, 1.54) is 71.9 Å². The van der Waals surface area contributed by atoms with Crippen molar-refractivity contribution in [1.82, 2.24) is 19.1 Å². The molecule has 13 rings (SSSR count). The van der Waals surface area contributed by atoms with E-state index in [0.717, 1.165) is 38.8 Å². The predicted octanol–water partition coefficient (Wildman–Crippen LogP) is 12.7. The Morgan fingerprint density at radius 3 is 1.65 bits per heavy atom. The Hall–Kier alpha value is -7.56.